The first kappa shape index (κ1) is 17.5. The van der Waals surface area contributed by atoms with Crippen LogP contribution in [0.15, 0.2) is 45.7 Å². The van der Waals surface area contributed by atoms with Crippen LogP contribution in [0.25, 0.3) is 11.4 Å². The Balaban J connectivity index is 1.69. The number of hydrogen-bond donors (Lipinski definition) is 1. The van der Waals surface area contributed by atoms with E-state index in [1.54, 1.807) is 19.9 Å². The van der Waals surface area contributed by atoms with Crippen molar-refractivity contribution in [1.82, 2.24) is 25.2 Å². The second kappa shape index (κ2) is 7.30. The van der Waals surface area contributed by atoms with Crippen molar-refractivity contribution in [3.63, 3.8) is 0 Å². The van der Waals surface area contributed by atoms with E-state index < -0.39 is 6.04 Å². The Morgan fingerprint density at radius 1 is 1.23 bits per heavy atom. The molecule has 0 saturated carbocycles. The number of benzene rings is 1. The zero-order valence-corrected chi connectivity index (χ0v) is 14.8. The van der Waals surface area contributed by atoms with E-state index in [1.807, 2.05) is 31.2 Å². The molecule has 3 aromatic rings. The van der Waals surface area contributed by atoms with Crippen LogP contribution in [0.1, 0.15) is 30.1 Å². The maximum atomic E-state index is 12.2. The number of nitrogens with one attached hydrogen (secondary N) is 1. The Bertz CT molecular complexity index is 992. The maximum Gasteiger partial charge on any atom is 0.267 e. The molecule has 0 saturated heterocycles. The monoisotopic (exact) mass is 353 g/mol. The second-order valence-electron chi connectivity index (χ2n) is 6.03. The van der Waals surface area contributed by atoms with Crippen LogP contribution in [-0.4, -0.2) is 25.8 Å². The molecule has 1 N–H and O–H groups in total. The van der Waals surface area contributed by atoms with Crippen molar-refractivity contribution >= 4 is 5.91 Å². The topological polar surface area (TPSA) is 103 Å². The first-order valence-corrected chi connectivity index (χ1v) is 8.18. The molecular weight excluding hydrogens is 334 g/mol. The molecule has 2 heterocycles. The average Bonchev–Trinajstić information content (AvgIpc) is 3.08. The number of aryl methyl sites for hydroxylation is 2. The van der Waals surface area contributed by atoms with Gasteiger partial charge in [0.2, 0.25) is 17.6 Å². The second-order valence-corrected chi connectivity index (χ2v) is 6.03. The van der Waals surface area contributed by atoms with Gasteiger partial charge in [-0.05, 0) is 32.4 Å². The van der Waals surface area contributed by atoms with Gasteiger partial charge in [0.1, 0.15) is 12.6 Å². The number of rotatable bonds is 5. The summed E-state index contributed by atoms with van der Waals surface area (Å²) in [7, 11) is 0. The Morgan fingerprint density at radius 3 is 2.77 bits per heavy atom. The molecule has 0 fully saturated rings. The highest BCUT2D eigenvalue weighted by molar-refractivity contribution is 5.76. The average molecular weight is 353 g/mol. The Kier molecular flexibility index (Phi) is 4.92. The molecule has 1 atom stereocenters. The van der Waals surface area contributed by atoms with E-state index in [4.69, 9.17) is 4.52 Å². The molecule has 1 aromatic carbocycles. The molecule has 3 rings (SSSR count). The lowest BCUT2D eigenvalue weighted by Gasteiger charge is -2.10. The van der Waals surface area contributed by atoms with Crippen molar-refractivity contribution in [2.75, 3.05) is 0 Å². The zero-order chi connectivity index (χ0) is 18.7. The van der Waals surface area contributed by atoms with Crippen molar-refractivity contribution in [1.29, 1.82) is 0 Å². The summed E-state index contributed by atoms with van der Waals surface area (Å²) < 4.78 is 6.38. The predicted octanol–water partition coefficient (Wildman–Crippen LogP) is 1.79. The first-order valence-electron chi connectivity index (χ1n) is 8.18. The van der Waals surface area contributed by atoms with E-state index >= 15 is 0 Å². The standard InChI is InChI=1S/C18H19N5O3/c1-11-6-4-5-7-14(11)17-20-18(26-22-17)13(3)19-15(24)10-23-16(25)9-8-12(2)21-23/h4-9,13H,10H2,1-3H3,(H,19,24)/t13-/m0/s1. The van der Waals surface area contributed by atoms with E-state index in [9.17, 15) is 9.59 Å². The normalized spacial score (nSPS) is 12.0. The summed E-state index contributed by atoms with van der Waals surface area (Å²) in [6, 6.07) is 10.2. The third-order valence-electron chi connectivity index (χ3n) is 3.87. The van der Waals surface area contributed by atoms with Gasteiger partial charge in [0.15, 0.2) is 0 Å². The number of carbonyl (C=O) groups is 1. The van der Waals surface area contributed by atoms with Gasteiger partial charge in [-0.3, -0.25) is 9.59 Å². The first-order chi connectivity index (χ1) is 12.4. The minimum atomic E-state index is -0.492. The van der Waals surface area contributed by atoms with Crippen molar-refractivity contribution in [2.24, 2.45) is 0 Å². The fourth-order valence-corrected chi connectivity index (χ4v) is 2.49. The summed E-state index contributed by atoms with van der Waals surface area (Å²) in [5.74, 6) is 0.394. The van der Waals surface area contributed by atoms with Crippen molar-refractivity contribution in [3.8, 4) is 11.4 Å². The van der Waals surface area contributed by atoms with Gasteiger partial charge >= 0.3 is 0 Å². The molecule has 0 aliphatic carbocycles. The molecule has 8 heteroatoms. The molecule has 8 nitrogen and oxygen atoms in total. The van der Waals surface area contributed by atoms with Gasteiger partial charge in [-0.15, -0.1) is 0 Å². The van der Waals surface area contributed by atoms with Gasteiger partial charge in [0, 0.05) is 11.6 Å². The third kappa shape index (κ3) is 3.85. The van der Waals surface area contributed by atoms with Crippen LogP contribution in [0.2, 0.25) is 0 Å². The molecule has 26 heavy (non-hydrogen) atoms. The van der Waals surface area contributed by atoms with Crippen LogP contribution in [-0.2, 0) is 11.3 Å². The molecule has 0 aliphatic heterocycles. The molecular formula is C18H19N5O3. The lowest BCUT2D eigenvalue weighted by Crippen LogP contribution is -2.35. The molecule has 134 valence electrons. The summed E-state index contributed by atoms with van der Waals surface area (Å²) in [5.41, 5.74) is 2.22. The quantitative estimate of drug-likeness (QED) is 0.750. The van der Waals surface area contributed by atoms with Gasteiger partial charge in [-0.25, -0.2) is 4.68 Å². The van der Waals surface area contributed by atoms with E-state index in [1.165, 1.54) is 6.07 Å². The van der Waals surface area contributed by atoms with Crippen LogP contribution in [0.3, 0.4) is 0 Å². The lowest BCUT2D eigenvalue weighted by atomic mass is 10.1. The minimum absolute atomic E-state index is 0.177. The summed E-state index contributed by atoms with van der Waals surface area (Å²) in [5, 5.41) is 10.8. The van der Waals surface area contributed by atoms with E-state index in [2.05, 4.69) is 20.6 Å². The van der Waals surface area contributed by atoms with Crippen molar-refractivity contribution < 1.29 is 9.32 Å². The highest BCUT2D eigenvalue weighted by Crippen LogP contribution is 2.21. The minimum Gasteiger partial charge on any atom is -0.343 e. The van der Waals surface area contributed by atoms with E-state index in [0.29, 0.717) is 17.4 Å². The van der Waals surface area contributed by atoms with Gasteiger partial charge in [0.25, 0.3) is 5.56 Å². The van der Waals surface area contributed by atoms with Gasteiger partial charge in [-0.2, -0.15) is 10.1 Å². The molecule has 0 spiro atoms. The number of hydrogen-bond acceptors (Lipinski definition) is 6. The summed E-state index contributed by atoms with van der Waals surface area (Å²) in [6.45, 7) is 5.27. The van der Waals surface area contributed by atoms with Gasteiger partial charge < -0.3 is 9.84 Å². The van der Waals surface area contributed by atoms with Gasteiger partial charge in [0.05, 0.1) is 5.69 Å². The van der Waals surface area contributed by atoms with Crippen LogP contribution in [0.5, 0.6) is 0 Å². The molecule has 0 radical (unpaired) electrons. The molecule has 1 amide bonds. The largest absolute Gasteiger partial charge is 0.343 e. The maximum absolute atomic E-state index is 12.2. The number of aromatic nitrogens is 4. The lowest BCUT2D eigenvalue weighted by molar-refractivity contribution is -0.122. The highest BCUT2D eigenvalue weighted by atomic mass is 16.5. The van der Waals surface area contributed by atoms with Crippen molar-refractivity contribution in [2.45, 2.75) is 33.4 Å². The number of nitrogens with zero attached hydrogens (tertiary/aromatic N) is 4. The Labute approximate surface area is 149 Å². The van der Waals surface area contributed by atoms with Crippen LogP contribution >= 0.6 is 0 Å². The zero-order valence-electron chi connectivity index (χ0n) is 14.8. The smallest absolute Gasteiger partial charge is 0.267 e. The van der Waals surface area contributed by atoms with Crippen LogP contribution < -0.4 is 10.9 Å². The Hall–Kier alpha value is -3.29. The predicted molar refractivity (Wildman–Crippen MR) is 94.3 cm³/mol. The summed E-state index contributed by atoms with van der Waals surface area (Å²) in [4.78, 5) is 28.3. The van der Waals surface area contributed by atoms with E-state index in [0.717, 1.165) is 15.8 Å². The third-order valence-corrected chi connectivity index (χ3v) is 3.87. The highest BCUT2D eigenvalue weighted by Gasteiger charge is 2.18. The fraction of sp³-hybridized carbons (Fsp3) is 0.278. The van der Waals surface area contributed by atoms with E-state index in [-0.39, 0.29) is 18.0 Å². The van der Waals surface area contributed by atoms with Crippen LogP contribution in [0.4, 0.5) is 0 Å². The number of amides is 1. The Morgan fingerprint density at radius 2 is 2.00 bits per heavy atom. The van der Waals surface area contributed by atoms with Gasteiger partial charge in [-0.1, -0.05) is 29.4 Å². The molecule has 0 aliphatic rings. The fourth-order valence-electron chi connectivity index (χ4n) is 2.49. The molecule has 0 unspecified atom stereocenters. The van der Waals surface area contributed by atoms with Crippen molar-refractivity contribution in [3.05, 3.63) is 63.9 Å². The SMILES string of the molecule is Cc1ccc(=O)n(CC(=O)N[C@@H](C)c2nc(-c3ccccc3C)no2)n1. The molecule has 2 aromatic heterocycles. The summed E-state index contributed by atoms with van der Waals surface area (Å²) >= 11 is 0. The number of carbonyl (C=O) groups excluding carboxylic acids is 1. The van der Waals surface area contributed by atoms with Crippen LogP contribution in [0, 0.1) is 13.8 Å². The molecule has 0 bridgehead atoms. The summed E-state index contributed by atoms with van der Waals surface area (Å²) in [6.07, 6.45) is 0.